The molecule has 1 aliphatic heterocycles. The topological polar surface area (TPSA) is 32.3 Å². The molecule has 26 heavy (non-hydrogen) atoms. The Hall–Kier alpha value is -1.78. The largest absolute Gasteiger partial charge is 0.301 e. The first-order valence-electron chi connectivity index (χ1n) is 10.0. The number of hydrogen-bond acceptors (Lipinski definition) is 4. The molecule has 1 fully saturated rings. The monoisotopic (exact) mass is 352 g/mol. The Morgan fingerprint density at radius 1 is 1.08 bits per heavy atom. The van der Waals surface area contributed by atoms with E-state index in [0.717, 1.165) is 44.7 Å². The SMILES string of the molecule is CCCc1ncc(CN(C)[C@H]2CCCN(CCc3ccccc3)C2)cn1. The lowest BCUT2D eigenvalue weighted by atomic mass is 10.0. The van der Waals surface area contributed by atoms with Gasteiger partial charge in [-0.15, -0.1) is 0 Å². The first-order chi connectivity index (χ1) is 12.7. The molecule has 2 heterocycles. The number of hydrogen-bond donors (Lipinski definition) is 0. The Labute approximate surface area is 158 Å². The Morgan fingerprint density at radius 2 is 1.85 bits per heavy atom. The standard InChI is InChI=1S/C22H32N4/c1-3-8-22-23-15-20(16-24-22)17-25(2)21-11-7-13-26(18-21)14-12-19-9-5-4-6-10-19/h4-6,9-10,15-16,21H,3,7-8,11-14,17-18H2,1-2H3/t21-/m0/s1. The maximum atomic E-state index is 4.50. The minimum absolute atomic E-state index is 0.620. The predicted molar refractivity (Wildman–Crippen MR) is 107 cm³/mol. The van der Waals surface area contributed by atoms with Crippen LogP contribution in [-0.2, 0) is 19.4 Å². The summed E-state index contributed by atoms with van der Waals surface area (Å²) in [6, 6.07) is 11.4. The van der Waals surface area contributed by atoms with Gasteiger partial charge in [-0.05, 0) is 44.8 Å². The smallest absolute Gasteiger partial charge is 0.128 e. The van der Waals surface area contributed by atoms with Gasteiger partial charge in [-0.1, -0.05) is 37.3 Å². The van der Waals surface area contributed by atoms with Crippen LogP contribution in [-0.4, -0.2) is 52.5 Å². The lowest BCUT2D eigenvalue weighted by molar-refractivity contribution is 0.112. The van der Waals surface area contributed by atoms with Crippen molar-refractivity contribution in [3.63, 3.8) is 0 Å². The van der Waals surface area contributed by atoms with Crippen LogP contribution < -0.4 is 0 Å². The Morgan fingerprint density at radius 3 is 2.58 bits per heavy atom. The molecule has 0 amide bonds. The molecule has 140 valence electrons. The van der Waals surface area contributed by atoms with Gasteiger partial charge in [0.25, 0.3) is 0 Å². The highest BCUT2D eigenvalue weighted by Crippen LogP contribution is 2.17. The maximum absolute atomic E-state index is 4.50. The lowest BCUT2D eigenvalue weighted by Crippen LogP contribution is -2.46. The summed E-state index contributed by atoms with van der Waals surface area (Å²) in [5.74, 6) is 0.962. The predicted octanol–water partition coefficient (Wildman–Crippen LogP) is 3.57. The van der Waals surface area contributed by atoms with Crippen molar-refractivity contribution in [3.05, 3.63) is 59.7 Å². The van der Waals surface area contributed by atoms with E-state index in [2.05, 4.69) is 64.1 Å². The molecule has 1 aliphatic rings. The van der Waals surface area contributed by atoms with E-state index >= 15 is 0 Å². The molecular weight excluding hydrogens is 320 g/mol. The number of nitrogens with zero attached hydrogens (tertiary/aromatic N) is 4. The average molecular weight is 353 g/mol. The van der Waals surface area contributed by atoms with Crippen molar-refractivity contribution in [1.82, 2.24) is 19.8 Å². The molecule has 0 aliphatic carbocycles. The molecule has 2 aromatic rings. The highest BCUT2D eigenvalue weighted by Gasteiger charge is 2.23. The van der Waals surface area contributed by atoms with Crippen LogP contribution in [0.15, 0.2) is 42.7 Å². The number of benzene rings is 1. The minimum atomic E-state index is 0.620. The number of likely N-dealkylation sites (N-methyl/N-ethyl adjacent to an activating group) is 1. The van der Waals surface area contributed by atoms with E-state index in [1.807, 2.05) is 12.4 Å². The van der Waals surface area contributed by atoms with Crippen molar-refractivity contribution in [1.29, 1.82) is 0 Å². The lowest BCUT2D eigenvalue weighted by Gasteiger charge is -2.37. The molecule has 0 N–H and O–H groups in total. The van der Waals surface area contributed by atoms with Crippen LogP contribution in [0.4, 0.5) is 0 Å². The van der Waals surface area contributed by atoms with E-state index in [0.29, 0.717) is 6.04 Å². The van der Waals surface area contributed by atoms with E-state index in [-0.39, 0.29) is 0 Å². The van der Waals surface area contributed by atoms with Crippen LogP contribution in [0.5, 0.6) is 0 Å². The summed E-state index contributed by atoms with van der Waals surface area (Å²) < 4.78 is 0. The van der Waals surface area contributed by atoms with Crippen LogP contribution in [0.1, 0.15) is 43.1 Å². The molecule has 0 spiro atoms. The molecule has 4 heteroatoms. The molecule has 0 unspecified atom stereocenters. The molecule has 0 radical (unpaired) electrons. The molecule has 1 aromatic carbocycles. The zero-order valence-corrected chi connectivity index (χ0v) is 16.3. The highest BCUT2D eigenvalue weighted by atomic mass is 15.2. The summed E-state index contributed by atoms with van der Waals surface area (Å²) in [4.78, 5) is 14.1. The van der Waals surface area contributed by atoms with Gasteiger partial charge in [0.05, 0.1) is 0 Å². The summed E-state index contributed by atoms with van der Waals surface area (Å²) in [5.41, 5.74) is 2.65. The maximum Gasteiger partial charge on any atom is 0.128 e. The minimum Gasteiger partial charge on any atom is -0.301 e. The molecule has 4 nitrogen and oxygen atoms in total. The van der Waals surface area contributed by atoms with Gasteiger partial charge in [0.1, 0.15) is 5.82 Å². The second kappa shape index (κ2) is 9.79. The fourth-order valence-corrected chi connectivity index (χ4v) is 3.76. The van der Waals surface area contributed by atoms with Crippen molar-refractivity contribution in [3.8, 4) is 0 Å². The van der Waals surface area contributed by atoms with Gasteiger partial charge in [-0.25, -0.2) is 9.97 Å². The highest BCUT2D eigenvalue weighted by molar-refractivity contribution is 5.15. The first kappa shape index (κ1) is 19.0. The summed E-state index contributed by atoms with van der Waals surface area (Å²) in [6.07, 6.45) is 9.79. The zero-order valence-electron chi connectivity index (χ0n) is 16.3. The molecule has 0 bridgehead atoms. The van der Waals surface area contributed by atoms with E-state index in [4.69, 9.17) is 0 Å². The Kier molecular flexibility index (Phi) is 7.15. The summed E-state index contributed by atoms with van der Waals surface area (Å²) in [7, 11) is 2.24. The van der Waals surface area contributed by atoms with E-state index in [1.54, 1.807) is 0 Å². The molecular formula is C22H32N4. The molecule has 3 rings (SSSR count). The van der Waals surface area contributed by atoms with Crippen molar-refractivity contribution in [2.45, 2.75) is 51.6 Å². The summed E-state index contributed by atoms with van der Waals surface area (Å²) in [6.45, 7) is 6.65. The fourth-order valence-electron chi connectivity index (χ4n) is 3.76. The van der Waals surface area contributed by atoms with Crippen LogP contribution in [0.25, 0.3) is 0 Å². The van der Waals surface area contributed by atoms with Gasteiger partial charge >= 0.3 is 0 Å². The van der Waals surface area contributed by atoms with E-state index < -0.39 is 0 Å². The number of likely N-dealkylation sites (tertiary alicyclic amines) is 1. The molecule has 1 atom stereocenters. The van der Waals surface area contributed by atoms with Crippen LogP contribution >= 0.6 is 0 Å². The number of piperidine rings is 1. The summed E-state index contributed by atoms with van der Waals surface area (Å²) >= 11 is 0. The number of rotatable bonds is 8. The average Bonchev–Trinajstić information content (AvgIpc) is 2.69. The van der Waals surface area contributed by atoms with Gasteiger partial charge in [0.2, 0.25) is 0 Å². The van der Waals surface area contributed by atoms with Crippen molar-refractivity contribution >= 4 is 0 Å². The fraction of sp³-hybridized carbons (Fsp3) is 0.545. The van der Waals surface area contributed by atoms with Crippen molar-refractivity contribution in [2.75, 3.05) is 26.7 Å². The quantitative estimate of drug-likeness (QED) is 0.727. The van der Waals surface area contributed by atoms with Gasteiger partial charge in [-0.2, -0.15) is 0 Å². The van der Waals surface area contributed by atoms with Gasteiger partial charge < -0.3 is 4.90 Å². The summed E-state index contributed by atoms with van der Waals surface area (Å²) in [5, 5.41) is 0. The first-order valence-corrected chi connectivity index (χ1v) is 10.0. The Bertz CT molecular complexity index is 641. The second-order valence-electron chi connectivity index (χ2n) is 7.50. The number of aryl methyl sites for hydroxylation is 1. The molecule has 1 saturated heterocycles. The number of aromatic nitrogens is 2. The molecule has 0 saturated carbocycles. The van der Waals surface area contributed by atoms with Gasteiger partial charge in [0, 0.05) is 50.1 Å². The zero-order chi connectivity index (χ0) is 18.2. The third kappa shape index (κ3) is 5.61. The van der Waals surface area contributed by atoms with Gasteiger partial charge in [-0.3, -0.25) is 4.90 Å². The third-order valence-electron chi connectivity index (χ3n) is 5.33. The second-order valence-corrected chi connectivity index (χ2v) is 7.50. The van der Waals surface area contributed by atoms with Crippen molar-refractivity contribution < 1.29 is 0 Å². The van der Waals surface area contributed by atoms with Crippen LogP contribution in [0.3, 0.4) is 0 Å². The third-order valence-corrected chi connectivity index (χ3v) is 5.33. The van der Waals surface area contributed by atoms with E-state index in [1.165, 1.54) is 30.5 Å². The normalized spacial score (nSPS) is 18.3. The van der Waals surface area contributed by atoms with Crippen LogP contribution in [0, 0.1) is 0 Å². The van der Waals surface area contributed by atoms with E-state index in [9.17, 15) is 0 Å². The Balaban J connectivity index is 1.48. The van der Waals surface area contributed by atoms with Crippen LogP contribution in [0.2, 0.25) is 0 Å². The van der Waals surface area contributed by atoms with Crippen molar-refractivity contribution in [2.24, 2.45) is 0 Å². The molecule has 1 aromatic heterocycles. The van der Waals surface area contributed by atoms with Gasteiger partial charge in [0.15, 0.2) is 0 Å².